The highest BCUT2D eigenvalue weighted by atomic mass is 16.6. The van der Waals surface area contributed by atoms with Crippen LogP contribution in [0.4, 0.5) is 4.79 Å². The summed E-state index contributed by atoms with van der Waals surface area (Å²) in [5.41, 5.74) is 2.88. The lowest BCUT2D eigenvalue weighted by Gasteiger charge is -2.36. The van der Waals surface area contributed by atoms with Gasteiger partial charge in [-0.05, 0) is 50.3 Å². The van der Waals surface area contributed by atoms with Crippen molar-refractivity contribution in [1.82, 2.24) is 20.5 Å². The molecule has 10 nitrogen and oxygen atoms in total. The first kappa shape index (κ1) is 31.6. The van der Waals surface area contributed by atoms with Crippen LogP contribution >= 0.6 is 0 Å². The number of ether oxygens (including phenoxy) is 2. The van der Waals surface area contributed by atoms with Crippen LogP contribution in [0.15, 0.2) is 54.6 Å². The normalized spacial score (nSPS) is 15.5. The summed E-state index contributed by atoms with van der Waals surface area (Å²) in [5, 5.41) is 6.65. The number of aromatic nitrogens is 1. The van der Waals surface area contributed by atoms with Crippen molar-refractivity contribution in [3.63, 3.8) is 0 Å². The molecule has 1 aliphatic heterocycles. The fourth-order valence-electron chi connectivity index (χ4n) is 5.15. The van der Waals surface area contributed by atoms with Crippen LogP contribution in [-0.4, -0.2) is 58.0 Å². The summed E-state index contributed by atoms with van der Waals surface area (Å²) in [6, 6.07) is 15.4. The number of rotatable bonds is 10. The van der Waals surface area contributed by atoms with Crippen molar-refractivity contribution in [2.24, 2.45) is 5.92 Å². The van der Waals surface area contributed by atoms with E-state index in [1.165, 1.54) is 4.90 Å². The van der Waals surface area contributed by atoms with Gasteiger partial charge in [-0.25, -0.2) is 4.79 Å². The number of carbonyl (C=O) groups is 4. The molecule has 2 aromatic carbocycles. The molecule has 1 aliphatic rings. The van der Waals surface area contributed by atoms with Crippen LogP contribution in [0.25, 0.3) is 10.9 Å². The van der Waals surface area contributed by atoms with Crippen LogP contribution < -0.4 is 10.6 Å². The largest absolute Gasteiger partial charge is 0.461 e. The number of fused-ring (bicyclic) bond motifs is 3. The third-order valence-electron chi connectivity index (χ3n) is 7.15. The Morgan fingerprint density at radius 1 is 1.02 bits per heavy atom. The maximum Gasteiger partial charge on any atom is 0.411 e. The zero-order valence-electron chi connectivity index (χ0n) is 25.6. The monoisotopic (exact) mass is 590 g/mol. The molecule has 0 bridgehead atoms. The van der Waals surface area contributed by atoms with E-state index in [1.54, 1.807) is 20.8 Å². The molecule has 2 heterocycles. The first-order valence-corrected chi connectivity index (χ1v) is 14.8. The molecule has 0 unspecified atom stereocenters. The molecule has 0 aliphatic carbocycles. The van der Waals surface area contributed by atoms with Gasteiger partial charge in [0.1, 0.15) is 24.3 Å². The summed E-state index contributed by atoms with van der Waals surface area (Å²) < 4.78 is 10.9. The van der Waals surface area contributed by atoms with E-state index in [4.69, 9.17) is 9.47 Å². The SMILES string of the molecule is CC(C)C[C@H](NC(=O)[C@H]1Cc2c([nH]c3ccccc23)CN1C(=O)OC(C)(C)C)C(=O)NCCC(=O)OCc1ccccc1. The van der Waals surface area contributed by atoms with Gasteiger partial charge in [-0.15, -0.1) is 0 Å². The zero-order valence-corrected chi connectivity index (χ0v) is 25.6. The summed E-state index contributed by atoms with van der Waals surface area (Å²) in [6.07, 6.45) is 0.0522. The van der Waals surface area contributed by atoms with Crippen LogP contribution in [0.2, 0.25) is 0 Å². The average molecular weight is 591 g/mol. The van der Waals surface area contributed by atoms with Crippen LogP contribution in [0.3, 0.4) is 0 Å². The summed E-state index contributed by atoms with van der Waals surface area (Å²) >= 11 is 0. The lowest BCUT2D eigenvalue weighted by molar-refractivity contribution is -0.145. The Morgan fingerprint density at radius 3 is 2.42 bits per heavy atom. The fraction of sp³-hybridized carbons (Fsp3) is 0.455. The van der Waals surface area contributed by atoms with E-state index in [0.29, 0.717) is 6.42 Å². The van der Waals surface area contributed by atoms with E-state index in [0.717, 1.165) is 27.7 Å². The van der Waals surface area contributed by atoms with Crippen LogP contribution in [0, 0.1) is 5.92 Å². The van der Waals surface area contributed by atoms with Gasteiger partial charge in [0.15, 0.2) is 0 Å². The predicted octanol–water partition coefficient (Wildman–Crippen LogP) is 4.61. The molecule has 0 spiro atoms. The van der Waals surface area contributed by atoms with Crippen molar-refractivity contribution < 1.29 is 28.7 Å². The number of hydrogen-bond donors (Lipinski definition) is 3. The van der Waals surface area contributed by atoms with E-state index in [2.05, 4.69) is 15.6 Å². The number of nitrogens with zero attached hydrogens (tertiary/aromatic N) is 1. The minimum absolute atomic E-state index is 0.000689. The standard InChI is InChI=1S/C33H42N4O6/c1-21(2)17-26(30(39)34-16-15-29(38)42-20-22-11-7-6-8-12-22)36-31(40)28-18-24-23-13-9-10-14-25(23)35-27(24)19-37(28)32(41)43-33(3,4)5/h6-14,21,26,28,35H,15-20H2,1-5H3,(H,34,39)(H,36,40)/t26-,28+/m0/s1. The van der Waals surface area contributed by atoms with Crippen molar-refractivity contribution in [1.29, 1.82) is 0 Å². The summed E-state index contributed by atoms with van der Waals surface area (Å²) in [5.74, 6) is -1.17. The first-order valence-electron chi connectivity index (χ1n) is 14.8. The molecule has 43 heavy (non-hydrogen) atoms. The lowest BCUT2D eigenvalue weighted by atomic mass is 9.95. The number of H-pyrrole nitrogens is 1. The van der Waals surface area contributed by atoms with Gasteiger partial charge in [0.25, 0.3) is 0 Å². The quantitative estimate of drug-likeness (QED) is 0.296. The highest BCUT2D eigenvalue weighted by Crippen LogP contribution is 2.31. The van der Waals surface area contributed by atoms with E-state index in [-0.39, 0.29) is 38.5 Å². The number of amides is 3. The fourth-order valence-corrected chi connectivity index (χ4v) is 5.15. The van der Waals surface area contributed by atoms with E-state index in [9.17, 15) is 19.2 Å². The van der Waals surface area contributed by atoms with Gasteiger partial charge in [-0.2, -0.15) is 0 Å². The van der Waals surface area contributed by atoms with Crippen LogP contribution in [0.5, 0.6) is 0 Å². The Balaban J connectivity index is 1.43. The van der Waals surface area contributed by atoms with Crippen molar-refractivity contribution in [2.45, 2.75) is 84.7 Å². The minimum Gasteiger partial charge on any atom is -0.461 e. The zero-order chi connectivity index (χ0) is 31.1. The molecule has 0 fully saturated rings. The molecule has 10 heteroatoms. The third kappa shape index (κ3) is 8.59. The molecule has 4 rings (SSSR count). The molecule has 0 saturated heterocycles. The number of aromatic amines is 1. The molecule has 0 saturated carbocycles. The van der Waals surface area contributed by atoms with Gasteiger partial charge in [0.2, 0.25) is 11.8 Å². The van der Waals surface area contributed by atoms with Gasteiger partial charge in [-0.1, -0.05) is 62.4 Å². The smallest absolute Gasteiger partial charge is 0.411 e. The van der Waals surface area contributed by atoms with Gasteiger partial charge in [0, 0.05) is 29.6 Å². The lowest BCUT2D eigenvalue weighted by Crippen LogP contribution is -2.57. The second-order valence-electron chi connectivity index (χ2n) is 12.3. The highest BCUT2D eigenvalue weighted by Gasteiger charge is 2.39. The Morgan fingerprint density at radius 2 is 1.72 bits per heavy atom. The minimum atomic E-state index is -0.878. The second kappa shape index (κ2) is 13.8. The third-order valence-corrected chi connectivity index (χ3v) is 7.15. The van der Waals surface area contributed by atoms with Gasteiger partial charge < -0.3 is 25.1 Å². The maximum atomic E-state index is 13.8. The van der Waals surface area contributed by atoms with E-state index < -0.39 is 41.6 Å². The molecule has 3 N–H and O–H groups in total. The molecular formula is C33H42N4O6. The molecule has 3 aromatic rings. The van der Waals surface area contributed by atoms with Crippen molar-refractivity contribution >= 4 is 34.8 Å². The Labute approximate surface area is 252 Å². The maximum absolute atomic E-state index is 13.8. The van der Waals surface area contributed by atoms with Gasteiger partial charge in [0.05, 0.1) is 13.0 Å². The second-order valence-corrected chi connectivity index (χ2v) is 12.3. The number of para-hydroxylation sites is 1. The number of hydrogen-bond acceptors (Lipinski definition) is 6. The molecule has 1 aromatic heterocycles. The van der Waals surface area contributed by atoms with E-state index >= 15 is 0 Å². The topological polar surface area (TPSA) is 130 Å². The average Bonchev–Trinajstić information content (AvgIpc) is 3.32. The summed E-state index contributed by atoms with van der Waals surface area (Å²) in [6.45, 7) is 9.65. The van der Waals surface area contributed by atoms with Crippen molar-refractivity contribution in [2.75, 3.05) is 6.54 Å². The predicted molar refractivity (Wildman–Crippen MR) is 163 cm³/mol. The number of benzene rings is 2. The van der Waals surface area contributed by atoms with Crippen LogP contribution in [0.1, 0.15) is 64.3 Å². The molecular weight excluding hydrogens is 548 g/mol. The summed E-state index contributed by atoms with van der Waals surface area (Å²) in [7, 11) is 0. The van der Waals surface area contributed by atoms with Crippen molar-refractivity contribution in [3.05, 3.63) is 71.4 Å². The number of carbonyl (C=O) groups excluding carboxylic acids is 4. The number of esters is 1. The molecule has 0 radical (unpaired) electrons. The van der Waals surface area contributed by atoms with E-state index in [1.807, 2.05) is 68.4 Å². The number of nitrogens with one attached hydrogen (secondary N) is 3. The molecule has 2 atom stereocenters. The Bertz CT molecular complexity index is 1440. The molecule has 3 amide bonds. The van der Waals surface area contributed by atoms with Crippen molar-refractivity contribution in [3.8, 4) is 0 Å². The highest BCUT2D eigenvalue weighted by molar-refractivity contribution is 5.93. The first-order chi connectivity index (χ1) is 20.4. The van der Waals surface area contributed by atoms with Gasteiger partial charge in [-0.3, -0.25) is 19.3 Å². The van der Waals surface area contributed by atoms with Crippen LogP contribution in [-0.2, 0) is 43.4 Å². The Kier molecular flexibility index (Phi) is 10.1. The molecule has 230 valence electrons. The van der Waals surface area contributed by atoms with Gasteiger partial charge >= 0.3 is 12.1 Å². The Hall–Kier alpha value is -4.34. The summed E-state index contributed by atoms with van der Waals surface area (Å²) in [4.78, 5) is 57.3.